The van der Waals surface area contributed by atoms with Gasteiger partial charge in [0.1, 0.15) is 5.75 Å². The first-order valence-electron chi connectivity index (χ1n) is 4.46. The molecule has 0 spiro atoms. The number of methoxy groups -OCH3 is 1. The van der Waals surface area contributed by atoms with Gasteiger partial charge in [-0.25, -0.2) is 0 Å². The molecule has 2 N–H and O–H groups in total. The lowest BCUT2D eigenvalue weighted by Crippen LogP contribution is -2.11. The Labute approximate surface area is 84.1 Å². The highest BCUT2D eigenvalue weighted by atomic mass is 16.5. The van der Waals surface area contributed by atoms with Gasteiger partial charge in [0.25, 0.3) is 0 Å². The second-order valence-corrected chi connectivity index (χ2v) is 3.17. The van der Waals surface area contributed by atoms with E-state index in [0.29, 0.717) is 6.42 Å². The van der Waals surface area contributed by atoms with E-state index in [0.717, 1.165) is 16.9 Å². The van der Waals surface area contributed by atoms with Crippen molar-refractivity contribution in [1.29, 1.82) is 5.26 Å². The van der Waals surface area contributed by atoms with Gasteiger partial charge in [-0.05, 0) is 12.5 Å². The van der Waals surface area contributed by atoms with Gasteiger partial charge in [-0.2, -0.15) is 5.26 Å². The first kappa shape index (κ1) is 10.6. The summed E-state index contributed by atoms with van der Waals surface area (Å²) in [7, 11) is 1.62. The van der Waals surface area contributed by atoms with Crippen LogP contribution in [0.4, 0.5) is 0 Å². The predicted molar refractivity (Wildman–Crippen MR) is 54.9 cm³/mol. The van der Waals surface area contributed by atoms with Crippen molar-refractivity contribution in [1.82, 2.24) is 0 Å². The van der Waals surface area contributed by atoms with Gasteiger partial charge in [0.15, 0.2) is 0 Å². The standard InChI is InChI=1S/C11H14N2O/c1-8-4-3-5-9(11(8)14-2)10(13)6-7-12/h3-5,10H,6,13H2,1-2H3. The lowest BCUT2D eigenvalue weighted by Gasteiger charge is -2.14. The van der Waals surface area contributed by atoms with Gasteiger partial charge in [0, 0.05) is 11.6 Å². The molecule has 0 radical (unpaired) electrons. The number of nitrogens with two attached hydrogens (primary N) is 1. The maximum atomic E-state index is 8.56. The van der Waals surface area contributed by atoms with E-state index in [2.05, 4.69) is 6.07 Å². The zero-order valence-electron chi connectivity index (χ0n) is 8.45. The average Bonchev–Trinajstić information content (AvgIpc) is 2.17. The molecule has 0 aliphatic rings. The Morgan fingerprint density at radius 3 is 2.86 bits per heavy atom. The van der Waals surface area contributed by atoms with Gasteiger partial charge in [-0.3, -0.25) is 0 Å². The average molecular weight is 190 g/mol. The Balaban J connectivity index is 3.08. The van der Waals surface area contributed by atoms with Crippen molar-refractivity contribution in [3.05, 3.63) is 29.3 Å². The Kier molecular flexibility index (Phi) is 3.49. The van der Waals surface area contributed by atoms with Gasteiger partial charge in [0.2, 0.25) is 0 Å². The van der Waals surface area contributed by atoms with E-state index in [1.807, 2.05) is 25.1 Å². The minimum atomic E-state index is -0.269. The van der Waals surface area contributed by atoms with Crippen LogP contribution in [0.3, 0.4) is 0 Å². The number of benzene rings is 1. The zero-order chi connectivity index (χ0) is 10.6. The Hall–Kier alpha value is -1.53. The quantitative estimate of drug-likeness (QED) is 0.792. The molecule has 14 heavy (non-hydrogen) atoms. The van der Waals surface area contributed by atoms with Crippen LogP contribution >= 0.6 is 0 Å². The maximum Gasteiger partial charge on any atom is 0.126 e. The Morgan fingerprint density at radius 2 is 2.29 bits per heavy atom. The van der Waals surface area contributed by atoms with Crippen molar-refractivity contribution in [3.63, 3.8) is 0 Å². The minimum absolute atomic E-state index is 0.269. The summed E-state index contributed by atoms with van der Waals surface area (Å²) in [5.41, 5.74) is 7.79. The summed E-state index contributed by atoms with van der Waals surface area (Å²) >= 11 is 0. The van der Waals surface area contributed by atoms with E-state index in [4.69, 9.17) is 15.7 Å². The van der Waals surface area contributed by atoms with Crippen molar-refractivity contribution < 1.29 is 4.74 Å². The van der Waals surface area contributed by atoms with Crippen LogP contribution in [-0.4, -0.2) is 7.11 Å². The van der Waals surface area contributed by atoms with Crippen molar-refractivity contribution in [2.75, 3.05) is 7.11 Å². The van der Waals surface area contributed by atoms with Crippen LogP contribution in [0.25, 0.3) is 0 Å². The summed E-state index contributed by atoms with van der Waals surface area (Å²) in [5, 5.41) is 8.56. The first-order valence-corrected chi connectivity index (χ1v) is 4.46. The van der Waals surface area contributed by atoms with E-state index in [1.54, 1.807) is 7.11 Å². The van der Waals surface area contributed by atoms with E-state index in [-0.39, 0.29) is 6.04 Å². The molecule has 0 aliphatic carbocycles. The fourth-order valence-electron chi connectivity index (χ4n) is 1.45. The molecule has 0 fully saturated rings. The molecule has 74 valence electrons. The highest BCUT2D eigenvalue weighted by Gasteiger charge is 2.12. The van der Waals surface area contributed by atoms with E-state index in [9.17, 15) is 0 Å². The second-order valence-electron chi connectivity index (χ2n) is 3.17. The zero-order valence-corrected chi connectivity index (χ0v) is 8.45. The molecular weight excluding hydrogens is 176 g/mol. The van der Waals surface area contributed by atoms with Gasteiger partial charge in [-0.1, -0.05) is 18.2 Å². The molecule has 1 rings (SSSR count). The van der Waals surface area contributed by atoms with Crippen LogP contribution in [0, 0.1) is 18.3 Å². The fourth-order valence-corrected chi connectivity index (χ4v) is 1.45. The summed E-state index contributed by atoms with van der Waals surface area (Å²) in [6, 6.07) is 7.56. The molecule has 0 heterocycles. The third kappa shape index (κ3) is 2.04. The molecule has 1 aromatic rings. The Bertz CT molecular complexity index is 355. The molecule has 1 unspecified atom stereocenters. The predicted octanol–water partition coefficient (Wildman–Crippen LogP) is 1.92. The number of para-hydroxylation sites is 1. The van der Waals surface area contributed by atoms with Crippen LogP contribution in [-0.2, 0) is 0 Å². The summed E-state index contributed by atoms with van der Waals surface area (Å²) < 4.78 is 5.25. The number of aryl methyl sites for hydroxylation is 1. The monoisotopic (exact) mass is 190 g/mol. The third-order valence-electron chi connectivity index (χ3n) is 2.16. The SMILES string of the molecule is COc1c(C)cccc1C(N)CC#N. The number of ether oxygens (including phenoxy) is 1. The molecular formula is C11H14N2O. The van der Waals surface area contributed by atoms with Crippen LogP contribution in [0.5, 0.6) is 5.75 Å². The molecule has 1 atom stereocenters. The number of nitrogens with zero attached hydrogens (tertiary/aromatic N) is 1. The lowest BCUT2D eigenvalue weighted by atomic mass is 10.0. The molecule has 0 bridgehead atoms. The van der Waals surface area contributed by atoms with Crippen LogP contribution in [0.2, 0.25) is 0 Å². The van der Waals surface area contributed by atoms with Crippen molar-refractivity contribution in [2.45, 2.75) is 19.4 Å². The topological polar surface area (TPSA) is 59.0 Å². The van der Waals surface area contributed by atoms with Gasteiger partial charge in [-0.15, -0.1) is 0 Å². The molecule has 3 heteroatoms. The lowest BCUT2D eigenvalue weighted by molar-refractivity contribution is 0.403. The fraction of sp³-hybridized carbons (Fsp3) is 0.364. The number of hydrogen-bond acceptors (Lipinski definition) is 3. The number of hydrogen-bond donors (Lipinski definition) is 1. The highest BCUT2D eigenvalue weighted by Crippen LogP contribution is 2.28. The molecule has 1 aromatic carbocycles. The molecule has 0 aliphatic heterocycles. The van der Waals surface area contributed by atoms with Gasteiger partial charge >= 0.3 is 0 Å². The largest absolute Gasteiger partial charge is 0.496 e. The Morgan fingerprint density at radius 1 is 1.57 bits per heavy atom. The van der Waals surface area contributed by atoms with Crippen LogP contribution in [0.1, 0.15) is 23.6 Å². The minimum Gasteiger partial charge on any atom is -0.496 e. The highest BCUT2D eigenvalue weighted by molar-refractivity contribution is 5.42. The molecule has 0 amide bonds. The maximum absolute atomic E-state index is 8.56. The smallest absolute Gasteiger partial charge is 0.126 e. The molecule has 3 nitrogen and oxygen atoms in total. The van der Waals surface area contributed by atoms with Crippen molar-refractivity contribution in [2.24, 2.45) is 5.73 Å². The van der Waals surface area contributed by atoms with Crippen molar-refractivity contribution >= 4 is 0 Å². The number of rotatable bonds is 3. The summed E-state index contributed by atoms with van der Waals surface area (Å²) in [6.07, 6.45) is 0.305. The molecule has 0 aromatic heterocycles. The van der Waals surface area contributed by atoms with E-state index >= 15 is 0 Å². The second kappa shape index (κ2) is 4.64. The molecule has 0 saturated carbocycles. The van der Waals surface area contributed by atoms with E-state index < -0.39 is 0 Å². The summed E-state index contributed by atoms with van der Waals surface area (Å²) in [5.74, 6) is 0.787. The summed E-state index contributed by atoms with van der Waals surface area (Å²) in [4.78, 5) is 0. The third-order valence-corrected chi connectivity index (χ3v) is 2.16. The summed E-state index contributed by atoms with van der Waals surface area (Å²) in [6.45, 7) is 1.96. The van der Waals surface area contributed by atoms with Crippen molar-refractivity contribution in [3.8, 4) is 11.8 Å². The first-order chi connectivity index (χ1) is 6.70. The normalized spacial score (nSPS) is 11.9. The van der Waals surface area contributed by atoms with E-state index in [1.165, 1.54) is 0 Å². The van der Waals surface area contributed by atoms with Crippen LogP contribution < -0.4 is 10.5 Å². The van der Waals surface area contributed by atoms with Gasteiger partial charge in [0.05, 0.1) is 19.6 Å². The number of nitriles is 1. The van der Waals surface area contributed by atoms with Crippen LogP contribution in [0.15, 0.2) is 18.2 Å². The molecule has 0 saturated heterocycles. The van der Waals surface area contributed by atoms with Gasteiger partial charge < -0.3 is 10.5 Å².